The number of hydrogen-bond donors (Lipinski definition) is 1. The van der Waals surface area contributed by atoms with E-state index in [-0.39, 0.29) is 24.6 Å². The average molecular weight is 435 g/mol. The highest BCUT2D eigenvalue weighted by Crippen LogP contribution is 2.24. The summed E-state index contributed by atoms with van der Waals surface area (Å²) in [5, 5.41) is -0.401. The van der Waals surface area contributed by atoms with Crippen molar-refractivity contribution in [1.29, 1.82) is 0 Å². The molecule has 0 fully saturated rings. The summed E-state index contributed by atoms with van der Waals surface area (Å²) in [6.07, 6.45) is 2.52. The van der Waals surface area contributed by atoms with Crippen LogP contribution in [-0.4, -0.2) is 38.6 Å². The van der Waals surface area contributed by atoms with Gasteiger partial charge in [-0.25, -0.2) is 9.78 Å². The van der Waals surface area contributed by atoms with Gasteiger partial charge in [-0.1, -0.05) is 17.7 Å². The van der Waals surface area contributed by atoms with Crippen LogP contribution in [0.1, 0.15) is 48.2 Å². The molecule has 0 saturated carbocycles. The van der Waals surface area contributed by atoms with E-state index in [1.807, 2.05) is 13.0 Å². The molecule has 1 N–H and O–H groups in total. The van der Waals surface area contributed by atoms with Crippen molar-refractivity contribution >= 4 is 27.6 Å². The van der Waals surface area contributed by atoms with E-state index in [4.69, 9.17) is 9.47 Å². The molecule has 1 aromatic heterocycles. The number of rotatable bonds is 10. The lowest BCUT2D eigenvalue weighted by atomic mass is 10.0. The van der Waals surface area contributed by atoms with Crippen LogP contribution in [0.3, 0.4) is 0 Å². The second-order valence-corrected chi connectivity index (χ2v) is 8.10. The molecule has 2 aromatic rings. The molecular formula is C21H26N2O6S. The lowest BCUT2D eigenvalue weighted by molar-refractivity contribution is -0.143. The van der Waals surface area contributed by atoms with Gasteiger partial charge < -0.3 is 9.47 Å². The van der Waals surface area contributed by atoms with Gasteiger partial charge in [-0.3, -0.25) is 9.52 Å². The van der Waals surface area contributed by atoms with Crippen LogP contribution in [0.4, 0.5) is 5.69 Å². The summed E-state index contributed by atoms with van der Waals surface area (Å²) >= 11 is 0. The Labute approximate surface area is 176 Å². The van der Waals surface area contributed by atoms with Crippen molar-refractivity contribution in [2.24, 2.45) is 0 Å². The Morgan fingerprint density at radius 3 is 2.53 bits per heavy atom. The fourth-order valence-corrected chi connectivity index (χ4v) is 4.07. The maximum atomic E-state index is 13.0. The first kappa shape index (κ1) is 23.3. The number of ether oxygens (including phenoxy) is 2. The van der Waals surface area contributed by atoms with Crippen LogP contribution in [0, 0.1) is 6.92 Å². The van der Waals surface area contributed by atoms with Gasteiger partial charge in [-0.2, -0.15) is 8.42 Å². The minimum Gasteiger partial charge on any atom is -0.466 e. The van der Waals surface area contributed by atoms with Gasteiger partial charge in [-0.05, 0) is 57.4 Å². The highest BCUT2D eigenvalue weighted by atomic mass is 32.2. The third-order valence-corrected chi connectivity index (χ3v) is 5.48. The molecule has 0 saturated heterocycles. The normalized spacial score (nSPS) is 11.0. The van der Waals surface area contributed by atoms with Crippen LogP contribution in [0.25, 0.3) is 0 Å². The number of esters is 2. The minimum atomic E-state index is -4.15. The molecule has 162 valence electrons. The van der Waals surface area contributed by atoms with Gasteiger partial charge in [0.15, 0.2) is 5.03 Å². The molecule has 0 bridgehead atoms. The standard InChI is InChI=1S/C21H26N2O6S/c1-4-28-19(24)10-6-8-16-14-15(3)11-12-18(16)23-30(26,27)20-17(9-7-13-22-20)21(25)29-5-2/h7,9,11-14,23H,4-6,8,10H2,1-3H3. The number of aryl methyl sites for hydroxylation is 2. The maximum Gasteiger partial charge on any atom is 0.341 e. The first-order chi connectivity index (χ1) is 14.3. The monoisotopic (exact) mass is 434 g/mol. The average Bonchev–Trinajstić information content (AvgIpc) is 2.70. The molecule has 1 heterocycles. The molecule has 0 unspecified atom stereocenters. The van der Waals surface area contributed by atoms with Crippen LogP contribution in [0.2, 0.25) is 0 Å². The van der Waals surface area contributed by atoms with Crippen molar-refractivity contribution in [1.82, 2.24) is 4.98 Å². The first-order valence-electron chi connectivity index (χ1n) is 9.68. The van der Waals surface area contributed by atoms with Crippen LogP contribution in [0.15, 0.2) is 41.6 Å². The van der Waals surface area contributed by atoms with Gasteiger partial charge in [-0.15, -0.1) is 0 Å². The summed E-state index contributed by atoms with van der Waals surface area (Å²) in [5.41, 5.74) is 1.92. The fourth-order valence-electron chi connectivity index (χ4n) is 2.85. The number of anilines is 1. The summed E-state index contributed by atoms with van der Waals surface area (Å²) < 4.78 is 38.3. The number of nitrogens with one attached hydrogen (secondary N) is 1. The number of carbonyl (C=O) groups excluding carboxylic acids is 2. The van der Waals surface area contributed by atoms with Crippen molar-refractivity contribution in [2.45, 2.75) is 45.1 Å². The predicted octanol–water partition coefficient (Wildman–Crippen LogP) is 3.25. The molecular weight excluding hydrogens is 408 g/mol. The van der Waals surface area contributed by atoms with Gasteiger partial charge in [0.25, 0.3) is 10.0 Å². The van der Waals surface area contributed by atoms with E-state index in [9.17, 15) is 18.0 Å². The molecule has 0 aliphatic carbocycles. The zero-order valence-electron chi connectivity index (χ0n) is 17.3. The number of benzene rings is 1. The summed E-state index contributed by atoms with van der Waals surface area (Å²) in [6, 6.07) is 8.11. The Hall–Kier alpha value is -2.94. The lowest BCUT2D eigenvalue weighted by Gasteiger charge is -2.14. The Morgan fingerprint density at radius 1 is 1.10 bits per heavy atom. The van der Waals surface area contributed by atoms with Gasteiger partial charge in [0.05, 0.1) is 24.5 Å². The zero-order valence-corrected chi connectivity index (χ0v) is 18.1. The number of sulfonamides is 1. The second-order valence-electron chi connectivity index (χ2n) is 6.50. The first-order valence-corrected chi connectivity index (χ1v) is 11.2. The number of nitrogens with zero attached hydrogens (tertiary/aromatic N) is 1. The lowest BCUT2D eigenvalue weighted by Crippen LogP contribution is -2.20. The van der Waals surface area contributed by atoms with Crippen LogP contribution in [-0.2, 0) is 30.7 Å². The molecule has 30 heavy (non-hydrogen) atoms. The summed E-state index contributed by atoms with van der Waals surface area (Å²) in [6.45, 7) is 5.71. The van der Waals surface area contributed by atoms with Crippen molar-refractivity contribution in [3.05, 3.63) is 53.2 Å². The van der Waals surface area contributed by atoms with E-state index in [1.54, 1.807) is 26.0 Å². The zero-order chi connectivity index (χ0) is 22.1. The number of aromatic nitrogens is 1. The molecule has 0 aliphatic heterocycles. The third-order valence-electron chi connectivity index (χ3n) is 4.16. The quantitative estimate of drug-likeness (QED) is 0.571. The Bertz CT molecular complexity index is 1000. The summed E-state index contributed by atoms with van der Waals surface area (Å²) in [7, 11) is -4.15. The number of pyridine rings is 1. The highest BCUT2D eigenvalue weighted by Gasteiger charge is 2.25. The summed E-state index contributed by atoms with van der Waals surface area (Å²) in [5.74, 6) is -1.05. The van der Waals surface area contributed by atoms with Crippen LogP contribution < -0.4 is 4.72 Å². The van der Waals surface area contributed by atoms with Crippen molar-refractivity contribution in [2.75, 3.05) is 17.9 Å². The van der Waals surface area contributed by atoms with Crippen molar-refractivity contribution in [3.63, 3.8) is 0 Å². The molecule has 9 heteroatoms. The molecule has 0 amide bonds. The number of hydrogen-bond acceptors (Lipinski definition) is 7. The van der Waals surface area contributed by atoms with E-state index >= 15 is 0 Å². The SMILES string of the molecule is CCOC(=O)CCCc1cc(C)ccc1NS(=O)(=O)c1ncccc1C(=O)OCC. The van der Waals surface area contributed by atoms with Gasteiger partial charge >= 0.3 is 11.9 Å². The topological polar surface area (TPSA) is 112 Å². The Morgan fingerprint density at radius 2 is 1.83 bits per heavy atom. The predicted molar refractivity (Wildman–Crippen MR) is 112 cm³/mol. The highest BCUT2D eigenvalue weighted by molar-refractivity contribution is 7.92. The third kappa shape index (κ3) is 6.28. The van der Waals surface area contributed by atoms with E-state index in [2.05, 4.69) is 9.71 Å². The fraction of sp³-hybridized carbons (Fsp3) is 0.381. The molecule has 0 aliphatic rings. The van der Waals surface area contributed by atoms with Crippen molar-refractivity contribution in [3.8, 4) is 0 Å². The van der Waals surface area contributed by atoms with Crippen molar-refractivity contribution < 1.29 is 27.5 Å². The molecule has 1 aromatic carbocycles. The van der Waals surface area contributed by atoms with Crippen LogP contribution in [0.5, 0.6) is 0 Å². The van der Waals surface area contributed by atoms with E-state index in [1.165, 1.54) is 18.3 Å². The molecule has 0 radical (unpaired) electrons. The second kappa shape index (κ2) is 10.7. The smallest absolute Gasteiger partial charge is 0.341 e. The van der Waals surface area contributed by atoms with E-state index in [0.717, 1.165) is 11.1 Å². The molecule has 2 rings (SSSR count). The Kier molecular flexibility index (Phi) is 8.35. The van der Waals surface area contributed by atoms with Gasteiger partial charge in [0.2, 0.25) is 0 Å². The number of carbonyl (C=O) groups is 2. The minimum absolute atomic E-state index is 0.114. The Balaban J connectivity index is 2.27. The summed E-state index contributed by atoms with van der Waals surface area (Å²) in [4.78, 5) is 27.6. The van der Waals surface area contributed by atoms with E-state index in [0.29, 0.717) is 25.1 Å². The van der Waals surface area contributed by atoms with Crippen LogP contribution >= 0.6 is 0 Å². The molecule has 8 nitrogen and oxygen atoms in total. The largest absolute Gasteiger partial charge is 0.466 e. The molecule has 0 atom stereocenters. The molecule has 0 spiro atoms. The van der Waals surface area contributed by atoms with Gasteiger partial charge in [0, 0.05) is 12.6 Å². The van der Waals surface area contributed by atoms with E-state index < -0.39 is 21.0 Å². The van der Waals surface area contributed by atoms with Gasteiger partial charge in [0.1, 0.15) is 0 Å². The maximum absolute atomic E-state index is 13.0.